The number of aliphatic hydroxyl groups is 1. The average molecular weight is 483 g/mol. The highest BCUT2D eigenvalue weighted by molar-refractivity contribution is 5.86. The van der Waals surface area contributed by atoms with Crippen molar-refractivity contribution in [1.29, 1.82) is 0 Å². The fraction of sp³-hybridized carbons (Fsp3) is 0.710. The number of benzene rings is 1. The van der Waals surface area contributed by atoms with Gasteiger partial charge in [-0.25, -0.2) is 4.79 Å². The van der Waals surface area contributed by atoms with E-state index in [2.05, 4.69) is 24.8 Å². The molecular weight excluding hydrogens is 436 g/mol. The molecule has 3 aliphatic rings. The fourth-order valence-corrected chi connectivity index (χ4v) is 6.86. The molecule has 4 nitrogen and oxygen atoms in total. The van der Waals surface area contributed by atoms with E-state index in [-0.39, 0.29) is 12.6 Å². The molecule has 0 amide bonds. The topological polar surface area (TPSA) is 55.8 Å². The summed E-state index contributed by atoms with van der Waals surface area (Å²) in [6.45, 7) is 6.32. The summed E-state index contributed by atoms with van der Waals surface area (Å²) >= 11 is 0. The van der Waals surface area contributed by atoms with Gasteiger partial charge in [-0.2, -0.15) is 0 Å². The Hall–Kier alpha value is -1.81. The molecule has 1 aromatic rings. The Morgan fingerprint density at radius 2 is 1.54 bits per heavy atom. The summed E-state index contributed by atoms with van der Waals surface area (Å²) in [5, 5.41) is 9.45. The van der Waals surface area contributed by atoms with E-state index in [0.717, 1.165) is 17.6 Å². The number of esters is 1. The van der Waals surface area contributed by atoms with Gasteiger partial charge in [0.1, 0.15) is 19.0 Å². The Labute approximate surface area is 212 Å². The SMILES string of the molecule is C=C(C)C(=O)OCCOc1cc(C2CCC(C3CCC(CO)CC3)CC2)ccc1C1CCCCC1. The van der Waals surface area contributed by atoms with E-state index in [1.807, 2.05) is 0 Å². The smallest absolute Gasteiger partial charge is 0.333 e. The third-order valence-corrected chi connectivity index (χ3v) is 9.06. The largest absolute Gasteiger partial charge is 0.490 e. The molecular formula is C31H46O4. The predicted molar refractivity (Wildman–Crippen MR) is 141 cm³/mol. The Morgan fingerprint density at radius 1 is 0.886 bits per heavy atom. The van der Waals surface area contributed by atoms with Crippen molar-refractivity contribution < 1.29 is 19.4 Å². The lowest BCUT2D eigenvalue weighted by Gasteiger charge is -2.37. The van der Waals surface area contributed by atoms with Gasteiger partial charge in [0.05, 0.1) is 0 Å². The number of rotatable bonds is 9. The highest BCUT2D eigenvalue weighted by Crippen LogP contribution is 2.45. The van der Waals surface area contributed by atoms with Crippen molar-refractivity contribution in [1.82, 2.24) is 0 Å². The lowest BCUT2D eigenvalue weighted by Crippen LogP contribution is -2.26. The second-order valence-electron chi connectivity index (χ2n) is 11.5. The second-order valence-corrected chi connectivity index (χ2v) is 11.5. The van der Waals surface area contributed by atoms with Crippen LogP contribution in [0.25, 0.3) is 0 Å². The maximum Gasteiger partial charge on any atom is 0.333 e. The zero-order valence-corrected chi connectivity index (χ0v) is 21.8. The summed E-state index contributed by atoms with van der Waals surface area (Å²) < 4.78 is 11.5. The Balaban J connectivity index is 1.37. The van der Waals surface area contributed by atoms with E-state index >= 15 is 0 Å². The fourth-order valence-electron chi connectivity index (χ4n) is 6.86. The van der Waals surface area contributed by atoms with Crippen molar-refractivity contribution >= 4 is 5.97 Å². The van der Waals surface area contributed by atoms with Crippen LogP contribution in [-0.4, -0.2) is 30.9 Å². The van der Waals surface area contributed by atoms with Crippen LogP contribution in [0.1, 0.15) is 113 Å². The third kappa shape index (κ3) is 7.12. The van der Waals surface area contributed by atoms with Gasteiger partial charge >= 0.3 is 5.97 Å². The quantitative estimate of drug-likeness (QED) is 0.228. The minimum atomic E-state index is -0.350. The van der Waals surface area contributed by atoms with E-state index in [9.17, 15) is 9.90 Å². The van der Waals surface area contributed by atoms with Crippen molar-refractivity contribution in [3.8, 4) is 5.75 Å². The Bertz CT molecular complexity index is 824. The van der Waals surface area contributed by atoms with Gasteiger partial charge in [-0.1, -0.05) is 38.0 Å². The zero-order chi connectivity index (χ0) is 24.6. The van der Waals surface area contributed by atoms with Gasteiger partial charge in [-0.05, 0) is 118 Å². The highest BCUT2D eigenvalue weighted by atomic mass is 16.6. The first-order valence-electron chi connectivity index (χ1n) is 14.2. The number of hydrogen-bond acceptors (Lipinski definition) is 4. The van der Waals surface area contributed by atoms with Crippen molar-refractivity contribution in [2.24, 2.45) is 17.8 Å². The lowest BCUT2D eigenvalue weighted by molar-refractivity contribution is -0.139. The molecule has 4 rings (SSSR count). The van der Waals surface area contributed by atoms with E-state index in [1.165, 1.54) is 94.6 Å². The highest BCUT2D eigenvalue weighted by Gasteiger charge is 2.31. The lowest BCUT2D eigenvalue weighted by atomic mass is 9.68. The van der Waals surface area contributed by atoms with Crippen molar-refractivity contribution in [3.05, 3.63) is 41.5 Å². The minimum absolute atomic E-state index is 0.254. The normalized spacial score (nSPS) is 27.8. The van der Waals surface area contributed by atoms with Crippen molar-refractivity contribution in [2.45, 2.75) is 102 Å². The van der Waals surface area contributed by atoms with Crippen LogP contribution in [-0.2, 0) is 9.53 Å². The summed E-state index contributed by atoms with van der Waals surface area (Å²) in [5.74, 6) is 4.13. The molecule has 0 spiro atoms. The van der Waals surface area contributed by atoms with Crippen LogP contribution >= 0.6 is 0 Å². The van der Waals surface area contributed by atoms with Crippen LogP contribution in [0.5, 0.6) is 5.75 Å². The first kappa shape index (κ1) is 26.3. The number of ether oxygens (including phenoxy) is 2. The first-order valence-corrected chi connectivity index (χ1v) is 14.2. The average Bonchev–Trinajstić information content (AvgIpc) is 2.91. The van der Waals surface area contributed by atoms with Gasteiger partial charge in [-0.3, -0.25) is 0 Å². The summed E-state index contributed by atoms with van der Waals surface area (Å²) in [6.07, 6.45) is 16.7. The molecule has 3 aliphatic carbocycles. The van der Waals surface area contributed by atoms with Crippen molar-refractivity contribution in [3.63, 3.8) is 0 Å². The first-order chi connectivity index (χ1) is 17.0. The molecule has 0 unspecified atom stereocenters. The summed E-state index contributed by atoms with van der Waals surface area (Å²) in [6, 6.07) is 7.01. The number of aliphatic hydroxyl groups excluding tert-OH is 1. The molecule has 1 aromatic carbocycles. The van der Waals surface area contributed by atoms with Gasteiger partial charge in [0.25, 0.3) is 0 Å². The van der Waals surface area contributed by atoms with Crippen LogP contribution in [0, 0.1) is 17.8 Å². The van der Waals surface area contributed by atoms with E-state index in [4.69, 9.17) is 9.47 Å². The molecule has 0 radical (unpaired) electrons. The monoisotopic (exact) mass is 482 g/mol. The maximum atomic E-state index is 11.7. The third-order valence-electron chi connectivity index (χ3n) is 9.06. The second kappa shape index (κ2) is 12.9. The molecule has 1 N–H and O–H groups in total. The summed E-state index contributed by atoms with van der Waals surface area (Å²) in [7, 11) is 0. The van der Waals surface area contributed by atoms with Crippen LogP contribution in [0.4, 0.5) is 0 Å². The molecule has 0 aliphatic heterocycles. The molecule has 0 bridgehead atoms. The minimum Gasteiger partial charge on any atom is -0.490 e. The molecule has 0 saturated heterocycles. The van der Waals surface area contributed by atoms with E-state index in [0.29, 0.717) is 36.5 Å². The number of hydrogen-bond donors (Lipinski definition) is 1. The van der Waals surface area contributed by atoms with Crippen LogP contribution in [0.3, 0.4) is 0 Å². The Morgan fingerprint density at radius 3 is 2.17 bits per heavy atom. The number of carbonyl (C=O) groups excluding carboxylic acids is 1. The van der Waals surface area contributed by atoms with Crippen LogP contribution < -0.4 is 4.74 Å². The molecule has 0 aromatic heterocycles. The predicted octanol–water partition coefficient (Wildman–Crippen LogP) is 7.30. The zero-order valence-electron chi connectivity index (χ0n) is 21.8. The standard InChI is InChI=1S/C31H46O4/c1-22(2)31(33)35-19-18-34-30-20-28(16-17-29(30)27-6-4-3-5-7-27)26-14-12-25(13-15-26)24-10-8-23(21-32)9-11-24/h16-17,20,23-27,32H,1,3-15,18-19,21H2,2H3. The molecule has 0 heterocycles. The molecule has 0 atom stereocenters. The molecule has 3 fully saturated rings. The van der Waals surface area contributed by atoms with Gasteiger partial charge in [0.15, 0.2) is 0 Å². The van der Waals surface area contributed by atoms with Crippen LogP contribution in [0.2, 0.25) is 0 Å². The maximum absolute atomic E-state index is 11.7. The van der Waals surface area contributed by atoms with E-state index < -0.39 is 0 Å². The van der Waals surface area contributed by atoms with Gasteiger partial charge in [-0.15, -0.1) is 0 Å². The molecule has 4 heteroatoms. The van der Waals surface area contributed by atoms with E-state index in [1.54, 1.807) is 6.92 Å². The summed E-state index contributed by atoms with van der Waals surface area (Å²) in [4.78, 5) is 11.7. The Kier molecular flexibility index (Phi) is 9.71. The molecule has 35 heavy (non-hydrogen) atoms. The summed E-state index contributed by atoms with van der Waals surface area (Å²) in [5.41, 5.74) is 3.18. The molecule has 194 valence electrons. The van der Waals surface area contributed by atoms with Crippen LogP contribution in [0.15, 0.2) is 30.4 Å². The van der Waals surface area contributed by atoms with Gasteiger partial charge < -0.3 is 14.6 Å². The number of carbonyl (C=O) groups is 1. The van der Waals surface area contributed by atoms with Crippen molar-refractivity contribution in [2.75, 3.05) is 19.8 Å². The van der Waals surface area contributed by atoms with Gasteiger partial charge in [0, 0.05) is 12.2 Å². The molecule has 3 saturated carbocycles. The van der Waals surface area contributed by atoms with Gasteiger partial charge in [0.2, 0.25) is 0 Å².